The molecule has 1 aliphatic rings. The maximum atomic E-state index is 13.1. The number of likely N-dealkylation sites (tertiary alicyclic amines) is 1. The van der Waals surface area contributed by atoms with E-state index in [1.165, 1.54) is 5.56 Å². The molecule has 1 heterocycles. The van der Waals surface area contributed by atoms with Crippen LogP contribution in [0.5, 0.6) is 5.75 Å². The number of alkyl halides is 2. The molecule has 0 amide bonds. The molecule has 0 aromatic heterocycles. The molecule has 0 radical (unpaired) electrons. The van der Waals surface area contributed by atoms with Crippen LogP contribution >= 0.6 is 0 Å². The number of piperidine rings is 1. The van der Waals surface area contributed by atoms with Gasteiger partial charge < -0.3 is 9.64 Å². The molecule has 2 nitrogen and oxygen atoms in total. The van der Waals surface area contributed by atoms with Gasteiger partial charge in [0.15, 0.2) is 0 Å². The summed E-state index contributed by atoms with van der Waals surface area (Å²) in [6, 6.07) is 6.03. The summed E-state index contributed by atoms with van der Waals surface area (Å²) in [5.41, 5.74) is 3.29. The van der Waals surface area contributed by atoms with E-state index in [0.717, 1.165) is 36.3 Å². The van der Waals surface area contributed by atoms with Gasteiger partial charge in [-0.25, -0.2) is 8.78 Å². The molecule has 0 spiro atoms. The monoisotopic (exact) mass is 309 g/mol. The van der Waals surface area contributed by atoms with Crippen LogP contribution in [0, 0.1) is 0 Å². The van der Waals surface area contributed by atoms with Crippen molar-refractivity contribution in [2.75, 3.05) is 26.7 Å². The molecule has 2 rings (SSSR count). The first-order valence-corrected chi connectivity index (χ1v) is 7.85. The Morgan fingerprint density at radius 3 is 2.59 bits per heavy atom. The SMILES string of the molecule is C=C(C)c1c(CCCN2CCC(F)(F)CC2)cccc1OC. The van der Waals surface area contributed by atoms with Gasteiger partial charge in [0, 0.05) is 31.5 Å². The largest absolute Gasteiger partial charge is 0.496 e. The molecule has 0 saturated carbocycles. The summed E-state index contributed by atoms with van der Waals surface area (Å²) in [7, 11) is 1.67. The summed E-state index contributed by atoms with van der Waals surface area (Å²) in [5, 5.41) is 0. The predicted molar refractivity (Wildman–Crippen MR) is 86.6 cm³/mol. The Balaban J connectivity index is 1.91. The van der Waals surface area contributed by atoms with Gasteiger partial charge in [-0.2, -0.15) is 0 Å². The lowest BCUT2D eigenvalue weighted by Gasteiger charge is -2.31. The average Bonchev–Trinajstić information content (AvgIpc) is 2.48. The average molecular weight is 309 g/mol. The van der Waals surface area contributed by atoms with Gasteiger partial charge in [0.2, 0.25) is 0 Å². The van der Waals surface area contributed by atoms with E-state index in [-0.39, 0.29) is 12.8 Å². The summed E-state index contributed by atoms with van der Waals surface area (Å²) >= 11 is 0. The van der Waals surface area contributed by atoms with Crippen LogP contribution in [0.3, 0.4) is 0 Å². The second-order valence-corrected chi connectivity index (χ2v) is 6.08. The molecule has 0 bridgehead atoms. The Hall–Kier alpha value is -1.42. The van der Waals surface area contributed by atoms with Crippen LogP contribution in [-0.4, -0.2) is 37.6 Å². The minimum Gasteiger partial charge on any atom is -0.496 e. The third-order valence-corrected chi connectivity index (χ3v) is 4.27. The third kappa shape index (κ3) is 4.29. The topological polar surface area (TPSA) is 12.5 Å². The first-order valence-electron chi connectivity index (χ1n) is 7.85. The fraction of sp³-hybridized carbons (Fsp3) is 0.556. The third-order valence-electron chi connectivity index (χ3n) is 4.27. The molecule has 1 aliphatic heterocycles. The normalized spacial score (nSPS) is 18.2. The van der Waals surface area contributed by atoms with Crippen molar-refractivity contribution in [2.24, 2.45) is 0 Å². The molecule has 1 aromatic carbocycles. The number of hydrogen-bond donors (Lipinski definition) is 0. The maximum Gasteiger partial charge on any atom is 0.250 e. The highest BCUT2D eigenvalue weighted by molar-refractivity contribution is 5.70. The van der Waals surface area contributed by atoms with Crippen molar-refractivity contribution in [3.63, 3.8) is 0 Å². The lowest BCUT2D eigenvalue weighted by molar-refractivity contribution is -0.0551. The molecule has 0 unspecified atom stereocenters. The van der Waals surface area contributed by atoms with Crippen LogP contribution in [0.2, 0.25) is 0 Å². The van der Waals surface area contributed by atoms with Gasteiger partial charge in [-0.3, -0.25) is 0 Å². The lowest BCUT2D eigenvalue weighted by Crippen LogP contribution is -2.39. The van der Waals surface area contributed by atoms with Gasteiger partial charge in [-0.1, -0.05) is 18.7 Å². The van der Waals surface area contributed by atoms with Crippen LogP contribution in [0.1, 0.15) is 37.3 Å². The lowest BCUT2D eigenvalue weighted by atomic mass is 9.97. The molecular weight excluding hydrogens is 284 g/mol. The molecule has 1 saturated heterocycles. The van der Waals surface area contributed by atoms with Crippen LogP contribution in [0.15, 0.2) is 24.8 Å². The highest BCUT2D eigenvalue weighted by atomic mass is 19.3. The van der Waals surface area contributed by atoms with E-state index in [1.54, 1.807) is 7.11 Å². The van der Waals surface area contributed by atoms with Crippen molar-refractivity contribution in [2.45, 2.75) is 38.5 Å². The van der Waals surface area contributed by atoms with E-state index in [2.05, 4.69) is 17.5 Å². The molecule has 1 fully saturated rings. The summed E-state index contributed by atoms with van der Waals surface area (Å²) in [6.45, 7) is 7.88. The van der Waals surface area contributed by atoms with E-state index in [0.29, 0.717) is 13.1 Å². The maximum absolute atomic E-state index is 13.1. The Bertz CT molecular complexity index is 518. The van der Waals surface area contributed by atoms with Crippen molar-refractivity contribution in [1.29, 1.82) is 0 Å². The first-order chi connectivity index (χ1) is 10.4. The zero-order chi connectivity index (χ0) is 16.2. The van der Waals surface area contributed by atoms with E-state index in [1.807, 2.05) is 19.1 Å². The van der Waals surface area contributed by atoms with Crippen molar-refractivity contribution < 1.29 is 13.5 Å². The minimum absolute atomic E-state index is 0.0107. The number of methoxy groups -OCH3 is 1. The molecule has 4 heteroatoms. The van der Waals surface area contributed by atoms with Crippen molar-refractivity contribution in [1.82, 2.24) is 4.90 Å². The first kappa shape index (κ1) is 16.9. The molecule has 0 aliphatic carbocycles. The Morgan fingerprint density at radius 2 is 2.00 bits per heavy atom. The van der Waals surface area contributed by atoms with Gasteiger partial charge in [0.1, 0.15) is 5.75 Å². The molecule has 22 heavy (non-hydrogen) atoms. The fourth-order valence-electron chi connectivity index (χ4n) is 3.04. The molecule has 1 aromatic rings. The number of aryl methyl sites for hydroxylation is 1. The fourth-order valence-corrected chi connectivity index (χ4v) is 3.04. The van der Waals surface area contributed by atoms with E-state index in [9.17, 15) is 8.78 Å². The highest BCUT2D eigenvalue weighted by Gasteiger charge is 2.33. The number of benzene rings is 1. The van der Waals surface area contributed by atoms with E-state index in [4.69, 9.17) is 4.74 Å². The molecule has 122 valence electrons. The second-order valence-electron chi connectivity index (χ2n) is 6.08. The summed E-state index contributed by atoms with van der Waals surface area (Å²) < 4.78 is 31.7. The summed E-state index contributed by atoms with van der Waals surface area (Å²) in [4.78, 5) is 2.14. The van der Waals surface area contributed by atoms with Gasteiger partial charge in [-0.05, 0) is 43.5 Å². The van der Waals surface area contributed by atoms with E-state index >= 15 is 0 Å². The van der Waals surface area contributed by atoms with Crippen molar-refractivity contribution >= 4 is 5.57 Å². The van der Waals surface area contributed by atoms with Gasteiger partial charge in [0.05, 0.1) is 7.11 Å². The number of halogens is 2. The van der Waals surface area contributed by atoms with Crippen LogP contribution < -0.4 is 4.74 Å². The van der Waals surface area contributed by atoms with Crippen molar-refractivity contribution in [3.8, 4) is 5.75 Å². The molecular formula is C18H25F2NO. The number of nitrogens with zero attached hydrogens (tertiary/aromatic N) is 1. The van der Waals surface area contributed by atoms with Crippen molar-refractivity contribution in [3.05, 3.63) is 35.9 Å². The Labute approximate surface area is 131 Å². The van der Waals surface area contributed by atoms with Gasteiger partial charge in [0.25, 0.3) is 5.92 Å². The van der Waals surface area contributed by atoms with Crippen LogP contribution in [0.4, 0.5) is 8.78 Å². The Kier molecular flexibility index (Phi) is 5.57. The Morgan fingerprint density at radius 1 is 1.32 bits per heavy atom. The molecule has 0 N–H and O–H groups in total. The zero-order valence-electron chi connectivity index (χ0n) is 13.5. The van der Waals surface area contributed by atoms with Crippen LogP contribution in [-0.2, 0) is 6.42 Å². The van der Waals surface area contributed by atoms with E-state index < -0.39 is 5.92 Å². The highest BCUT2D eigenvalue weighted by Crippen LogP contribution is 2.30. The van der Waals surface area contributed by atoms with Gasteiger partial charge >= 0.3 is 0 Å². The number of ether oxygens (including phenoxy) is 1. The van der Waals surface area contributed by atoms with Gasteiger partial charge in [-0.15, -0.1) is 0 Å². The minimum atomic E-state index is -2.46. The quantitative estimate of drug-likeness (QED) is 0.772. The second kappa shape index (κ2) is 7.23. The number of allylic oxidation sites excluding steroid dienone is 1. The predicted octanol–water partition coefficient (Wildman–Crippen LogP) is 4.39. The zero-order valence-corrected chi connectivity index (χ0v) is 13.5. The number of rotatable bonds is 6. The van der Waals surface area contributed by atoms with Crippen LogP contribution in [0.25, 0.3) is 5.57 Å². The summed E-state index contributed by atoms with van der Waals surface area (Å²) in [5.74, 6) is -1.61. The summed E-state index contributed by atoms with van der Waals surface area (Å²) in [6.07, 6.45) is 1.84. The number of hydrogen-bond acceptors (Lipinski definition) is 2. The smallest absolute Gasteiger partial charge is 0.250 e. The standard InChI is InChI=1S/C18H25F2NO/c1-14(2)17-15(6-4-8-16(17)22-3)7-5-11-21-12-9-18(19,20)10-13-21/h4,6,8H,1,5,7,9-13H2,2-3H3. The molecule has 0 atom stereocenters.